The molecular weight excluding hydrogens is 390 g/mol. The van der Waals surface area contributed by atoms with E-state index in [1.54, 1.807) is 13.8 Å². The lowest BCUT2D eigenvalue weighted by Gasteiger charge is -2.19. The van der Waals surface area contributed by atoms with Gasteiger partial charge in [-0.3, -0.25) is 4.79 Å². The van der Waals surface area contributed by atoms with Crippen molar-refractivity contribution in [2.45, 2.75) is 32.2 Å². The highest BCUT2D eigenvalue weighted by molar-refractivity contribution is 7.89. The molecule has 1 aromatic heterocycles. The Morgan fingerprint density at radius 2 is 1.79 bits per heavy atom. The van der Waals surface area contributed by atoms with Crippen LogP contribution in [0.3, 0.4) is 0 Å². The molecule has 2 N–H and O–H groups in total. The molecule has 0 atom stereocenters. The Morgan fingerprint density at radius 1 is 1.10 bits per heavy atom. The van der Waals surface area contributed by atoms with Gasteiger partial charge in [-0.05, 0) is 42.6 Å². The van der Waals surface area contributed by atoms with Gasteiger partial charge in [-0.1, -0.05) is 32.0 Å². The average molecular weight is 416 g/mol. The summed E-state index contributed by atoms with van der Waals surface area (Å²) in [5.74, 6) is -0.548. The van der Waals surface area contributed by atoms with Crippen LogP contribution in [-0.4, -0.2) is 41.4 Å². The van der Waals surface area contributed by atoms with Crippen LogP contribution < -0.4 is 5.32 Å². The van der Waals surface area contributed by atoms with Crippen LogP contribution >= 0.6 is 0 Å². The predicted molar refractivity (Wildman–Crippen MR) is 114 cm³/mol. The average Bonchev–Trinajstić information content (AvgIpc) is 2.99. The zero-order valence-electron chi connectivity index (χ0n) is 16.7. The number of fused-ring (bicyclic) bond motifs is 1. The van der Waals surface area contributed by atoms with E-state index in [1.807, 2.05) is 41.8 Å². The summed E-state index contributed by atoms with van der Waals surface area (Å²) in [6.45, 7) is 6.15. The largest absolute Gasteiger partial charge is 0.506 e. The number of nitrogens with zero attached hydrogens (tertiary/aromatic N) is 2. The monoisotopic (exact) mass is 415 g/mol. The SMILES string of the molecule is CCN(CC)S(=O)(=O)c1ccc(O)c(NC(=O)Cn2c(C)cc3ccccc32)c1. The number of aromatic hydroxyl groups is 1. The van der Waals surface area contributed by atoms with Crippen LogP contribution in [0, 0.1) is 6.92 Å². The summed E-state index contributed by atoms with van der Waals surface area (Å²) in [5.41, 5.74) is 1.93. The Bertz CT molecular complexity index is 1150. The Labute approximate surface area is 170 Å². The molecule has 0 aliphatic rings. The Balaban J connectivity index is 1.86. The molecule has 1 amide bonds. The minimum atomic E-state index is -3.70. The standard InChI is InChI=1S/C21H25N3O4S/c1-4-23(5-2)29(27,28)17-10-11-20(25)18(13-17)22-21(26)14-24-15(3)12-16-8-6-7-9-19(16)24/h6-13,25H,4-5,14H2,1-3H3,(H,22,26). The van der Waals surface area contributed by atoms with Crippen LogP contribution in [-0.2, 0) is 21.4 Å². The van der Waals surface area contributed by atoms with E-state index in [4.69, 9.17) is 0 Å². The van der Waals surface area contributed by atoms with Crippen molar-refractivity contribution in [2.24, 2.45) is 0 Å². The maximum atomic E-state index is 12.7. The Kier molecular flexibility index (Phi) is 5.95. The molecule has 1 heterocycles. The van der Waals surface area contributed by atoms with Gasteiger partial charge in [0.05, 0.1) is 10.6 Å². The second-order valence-electron chi connectivity index (χ2n) is 6.75. The first-order valence-electron chi connectivity index (χ1n) is 9.45. The van der Waals surface area contributed by atoms with E-state index in [0.29, 0.717) is 13.1 Å². The smallest absolute Gasteiger partial charge is 0.244 e. The van der Waals surface area contributed by atoms with Gasteiger partial charge in [0.15, 0.2) is 0 Å². The molecule has 0 saturated heterocycles. The molecule has 0 aliphatic heterocycles. The number of nitrogens with one attached hydrogen (secondary N) is 1. The molecule has 7 nitrogen and oxygen atoms in total. The fourth-order valence-corrected chi connectivity index (χ4v) is 4.86. The highest BCUT2D eigenvalue weighted by Gasteiger charge is 2.23. The van der Waals surface area contributed by atoms with Crippen molar-refractivity contribution >= 4 is 32.5 Å². The van der Waals surface area contributed by atoms with Gasteiger partial charge in [0, 0.05) is 24.3 Å². The second kappa shape index (κ2) is 8.26. The van der Waals surface area contributed by atoms with Crippen LogP contribution in [0.5, 0.6) is 5.75 Å². The van der Waals surface area contributed by atoms with Crippen LogP contribution in [0.1, 0.15) is 19.5 Å². The summed E-state index contributed by atoms with van der Waals surface area (Å²) in [6.07, 6.45) is 0. The molecule has 0 aliphatic carbocycles. The summed E-state index contributed by atoms with van der Waals surface area (Å²) >= 11 is 0. The van der Waals surface area contributed by atoms with Crippen molar-refractivity contribution in [1.82, 2.24) is 8.87 Å². The molecule has 0 unspecified atom stereocenters. The minimum absolute atomic E-state index is 0.0249. The third-order valence-corrected chi connectivity index (χ3v) is 6.95. The van der Waals surface area contributed by atoms with Crippen LogP contribution in [0.4, 0.5) is 5.69 Å². The van der Waals surface area contributed by atoms with E-state index in [9.17, 15) is 18.3 Å². The number of carbonyl (C=O) groups is 1. The summed E-state index contributed by atoms with van der Waals surface area (Å²) in [5, 5.41) is 13.8. The van der Waals surface area contributed by atoms with Gasteiger partial charge in [-0.15, -0.1) is 0 Å². The van der Waals surface area contributed by atoms with Crippen molar-refractivity contribution in [1.29, 1.82) is 0 Å². The second-order valence-corrected chi connectivity index (χ2v) is 8.69. The highest BCUT2D eigenvalue weighted by atomic mass is 32.2. The lowest BCUT2D eigenvalue weighted by Crippen LogP contribution is -2.30. The number of rotatable bonds is 7. The minimum Gasteiger partial charge on any atom is -0.506 e. The molecule has 29 heavy (non-hydrogen) atoms. The number of hydrogen-bond donors (Lipinski definition) is 2. The summed E-state index contributed by atoms with van der Waals surface area (Å²) in [6, 6.07) is 13.7. The van der Waals surface area contributed by atoms with E-state index in [2.05, 4.69) is 5.32 Å². The third-order valence-electron chi connectivity index (χ3n) is 4.90. The van der Waals surface area contributed by atoms with Gasteiger partial charge >= 0.3 is 0 Å². The molecule has 3 aromatic rings. The summed E-state index contributed by atoms with van der Waals surface area (Å²) in [7, 11) is -3.70. The lowest BCUT2D eigenvalue weighted by molar-refractivity contribution is -0.116. The van der Waals surface area contributed by atoms with Gasteiger partial charge in [0.1, 0.15) is 12.3 Å². The molecule has 0 saturated carbocycles. The quantitative estimate of drug-likeness (QED) is 0.579. The van der Waals surface area contributed by atoms with Crippen LogP contribution in [0.25, 0.3) is 10.9 Å². The van der Waals surface area contributed by atoms with Crippen molar-refractivity contribution in [3.63, 3.8) is 0 Å². The number of anilines is 1. The van der Waals surface area contributed by atoms with Gasteiger partial charge in [0.25, 0.3) is 0 Å². The molecule has 0 fully saturated rings. The van der Waals surface area contributed by atoms with Gasteiger partial charge in [0.2, 0.25) is 15.9 Å². The normalized spacial score (nSPS) is 11.9. The molecule has 3 rings (SSSR count). The molecule has 0 bridgehead atoms. The lowest BCUT2D eigenvalue weighted by atomic mass is 10.2. The predicted octanol–water partition coefficient (Wildman–Crippen LogP) is 3.32. The molecule has 0 radical (unpaired) electrons. The Hall–Kier alpha value is -2.84. The van der Waals surface area contributed by atoms with Crippen molar-refractivity contribution in [3.8, 4) is 5.75 Å². The summed E-state index contributed by atoms with van der Waals surface area (Å²) in [4.78, 5) is 12.7. The van der Waals surface area contributed by atoms with Crippen LogP contribution in [0.15, 0.2) is 53.4 Å². The number of sulfonamides is 1. The molecule has 154 valence electrons. The van der Waals surface area contributed by atoms with Crippen molar-refractivity contribution < 1.29 is 18.3 Å². The maximum Gasteiger partial charge on any atom is 0.244 e. The van der Waals surface area contributed by atoms with Crippen molar-refractivity contribution in [2.75, 3.05) is 18.4 Å². The third kappa shape index (κ3) is 4.13. The highest BCUT2D eigenvalue weighted by Crippen LogP contribution is 2.28. The van der Waals surface area contributed by atoms with Crippen molar-refractivity contribution in [3.05, 3.63) is 54.2 Å². The molecule has 2 aromatic carbocycles. The van der Waals surface area contributed by atoms with E-state index < -0.39 is 10.0 Å². The number of aromatic nitrogens is 1. The fraction of sp³-hybridized carbons (Fsp3) is 0.286. The number of phenolic OH excluding ortho intramolecular Hbond substituents is 1. The summed E-state index contributed by atoms with van der Waals surface area (Å²) < 4.78 is 28.6. The number of hydrogen-bond acceptors (Lipinski definition) is 4. The first kappa shape index (κ1) is 20.9. The molecular formula is C21H25N3O4S. The number of carbonyl (C=O) groups excluding carboxylic acids is 1. The zero-order valence-corrected chi connectivity index (χ0v) is 17.5. The first-order valence-corrected chi connectivity index (χ1v) is 10.9. The number of aryl methyl sites for hydroxylation is 1. The number of benzene rings is 2. The number of phenols is 1. The van der Waals surface area contributed by atoms with E-state index in [1.165, 1.54) is 22.5 Å². The maximum absolute atomic E-state index is 12.7. The number of para-hydroxylation sites is 1. The molecule has 0 spiro atoms. The fourth-order valence-electron chi connectivity index (χ4n) is 3.38. The van der Waals surface area contributed by atoms with E-state index in [0.717, 1.165) is 16.6 Å². The van der Waals surface area contributed by atoms with Gasteiger partial charge < -0.3 is 15.0 Å². The van der Waals surface area contributed by atoms with Gasteiger partial charge in [-0.2, -0.15) is 4.31 Å². The topological polar surface area (TPSA) is 91.6 Å². The van der Waals surface area contributed by atoms with E-state index >= 15 is 0 Å². The number of amides is 1. The van der Waals surface area contributed by atoms with E-state index in [-0.39, 0.29) is 28.8 Å². The molecule has 8 heteroatoms. The zero-order chi connectivity index (χ0) is 21.2. The Morgan fingerprint density at radius 3 is 2.48 bits per heavy atom. The van der Waals surface area contributed by atoms with Gasteiger partial charge in [-0.25, -0.2) is 8.42 Å². The van der Waals surface area contributed by atoms with Crippen LogP contribution in [0.2, 0.25) is 0 Å². The first-order chi connectivity index (χ1) is 13.8.